The lowest BCUT2D eigenvalue weighted by atomic mass is 9.99. The molecule has 2 heterocycles. The minimum Gasteiger partial charge on any atom is -0.325 e. The Morgan fingerprint density at radius 2 is 2.08 bits per heavy atom. The van der Waals surface area contributed by atoms with E-state index >= 15 is 0 Å². The van der Waals surface area contributed by atoms with E-state index in [1.165, 1.54) is 6.07 Å². The van der Waals surface area contributed by atoms with Crippen LogP contribution in [0.15, 0.2) is 47.4 Å². The summed E-state index contributed by atoms with van der Waals surface area (Å²) >= 11 is 6.16. The van der Waals surface area contributed by atoms with Crippen molar-refractivity contribution in [2.75, 3.05) is 18.4 Å². The van der Waals surface area contributed by atoms with Crippen LogP contribution in [0, 0.1) is 5.92 Å². The topological polar surface area (TPSA) is 63.1 Å². The number of amides is 1. The summed E-state index contributed by atoms with van der Waals surface area (Å²) in [5.74, 6) is -0.0344. The van der Waals surface area contributed by atoms with E-state index in [1.807, 2.05) is 18.2 Å². The molecule has 1 aromatic heterocycles. The van der Waals surface area contributed by atoms with Crippen LogP contribution in [0.3, 0.4) is 0 Å². The highest BCUT2D eigenvalue weighted by Gasteiger charge is 2.21. The maximum absolute atomic E-state index is 12.3. The lowest BCUT2D eigenvalue weighted by molar-refractivity contribution is -0.120. The predicted octanol–water partition coefficient (Wildman–Crippen LogP) is 2.91. The molecule has 0 spiro atoms. The van der Waals surface area contributed by atoms with E-state index < -0.39 is 0 Å². The molecule has 1 aliphatic heterocycles. The van der Waals surface area contributed by atoms with Crippen LogP contribution in [-0.2, 0) is 11.3 Å². The Hall–Kier alpha value is -1.82. The summed E-state index contributed by atoms with van der Waals surface area (Å²) in [5, 5.41) is 6.76. The van der Waals surface area contributed by atoms with Crippen LogP contribution in [0.25, 0.3) is 0 Å². The maximum atomic E-state index is 12.3. The SMILES string of the molecule is Cl.O=C(Nc1ccc(=O)n(Cc2ccccc2Cl)c1)C1CCCNC1. The van der Waals surface area contributed by atoms with Gasteiger partial charge in [0.25, 0.3) is 5.56 Å². The van der Waals surface area contributed by atoms with Gasteiger partial charge in [-0.15, -0.1) is 12.4 Å². The van der Waals surface area contributed by atoms with Gasteiger partial charge in [0.1, 0.15) is 0 Å². The summed E-state index contributed by atoms with van der Waals surface area (Å²) in [6.45, 7) is 2.03. The molecule has 0 aliphatic carbocycles. The summed E-state index contributed by atoms with van der Waals surface area (Å²) < 4.78 is 1.55. The molecule has 2 N–H and O–H groups in total. The average molecular weight is 382 g/mol. The van der Waals surface area contributed by atoms with Gasteiger partial charge in [0.15, 0.2) is 0 Å². The van der Waals surface area contributed by atoms with E-state index in [2.05, 4.69) is 10.6 Å². The van der Waals surface area contributed by atoms with E-state index in [1.54, 1.807) is 22.9 Å². The summed E-state index contributed by atoms with van der Waals surface area (Å²) in [5.41, 5.74) is 1.35. The van der Waals surface area contributed by atoms with Gasteiger partial charge in [0.05, 0.1) is 18.2 Å². The maximum Gasteiger partial charge on any atom is 0.250 e. The van der Waals surface area contributed by atoms with E-state index in [4.69, 9.17) is 11.6 Å². The Morgan fingerprint density at radius 3 is 2.80 bits per heavy atom. The van der Waals surface area contributed by atoms with Gasteiger partial charge in [-0.1, -0.05) is 29.8 Å². The number of piperidine rings is 1. The number of hydrogen-bond donors (Lipinski definition) is 2. The van der Waals surface area contributed by atoms with Gasteiger partial charge in [-0.05, 0) is 37.1 Å². The molecule has 1 amide bonds. The van der Waals surface area contributed by atoms with Crippen molar-refractivity contribution in [1.82, 2.24) is 9.88 Å². The molecule has 0 saturated carbocycles. The monoisotopic (exact) mass is 381 g/mol. The van der Waals surface area contributed by atoms with Crippen LogP contribution in [-0.4, -0.2) is 23.6 Å². The van der Waals surface area contributed by atoms with Gasteiger partial charge in [-0.3, -0.25) is 9.59 Å². The lowest BCUT2D eigenvalue weighted by Crippen LogP contribution is -2.37. The number of benzene rings is 1. The fourth-order valence-electron chi connectivity index (χ4n) is 2.86. The van der Waals surface area contributed by atoms with Gasteiger partial charge in [-0.25, -0.2) is 0 Å². The zero-order chi connectivity index (χ0) is 16.9. The number of halogens is 2. The first-order valence-electron chi connectivity index (χ1n) is 8.09. The van der Waals surface area contributed by atoms with Crippen molar-refractivity contribution >= 4 is 35.6 Å². The molecule has 1 aromatic carbocycles. The Balaban J connectivity index is 0.00000225. The first-order chi connectivity index (χ1) is 11.6. The van der Waals surface area contributed by atoms with Crippen molar-refractivity contribution in [2.24, 2.45) is 5.92 Å². The van der Waals surface area contributed by atoms with E-state index in [-0.39, 0.29) is 29.8 Å². The second-order valence-corrected chi connectivity index (χ2v) is 6.42. The van der Waals surface area contributed by atoms with Crippen molar-refractivity contribution < 1.29 is 4.79 Å². The number of carbonyl (C=O) groups excluding carboxylic acids is 1. The quantitative estimate of drug-likeness (QED) is 0.855. The number of aromatic nitrogens is 1. The fraction of sp³-hybridized carbons (Fsp3) is 0.333. The van der Waals surface area contributed by atoms with Crippen LogP contribution in [0.1, 0.15) is 18.4 Å². The van der Waals surface area contributed by atoms with Gasteiger partial charge >= 0.3 is 0 Å². The van der Waals surface area contributed by atoms with E-state index in [0.717, 1.165) is 24.9 Å². The molecule has 3 rings (SSSR count). The van der Waals surface area contributed by atoms with E-state index in [0.29, 0.717) is 23.8 Å². The first-order valence-corrected chi connectivity index (χ1v) is 8.47. The summed E-state index contributed by atoms with van der Waals surface area (Å²) in [7, 11) is 0. The van der Waals surface area contributed by atoms with Gasteiger partial charge in [0.2, 0.25) is 5.91 Å². The number of carbonyl (C=O) groups is 1. The van der Waals surface area contributed by atoms with E-state index in [9.17, 15) is 9.59 Å². The zero-order valence-corrected chi connectivity index (χ0v) is 15.3. The minimum atomic E-state index is -0.132. The molecule has 5 nitrogen and oxygen atoms in total. The Bertz CT molecular complexity index is 786. The third-order valence-electron chi connectivity index (χ3n) is 4.22. The molecule has 2 aromatic rings. The number of nitrogens with one attached hydrogen (secondary N) is 2. The van der Waals surface area contributed by atoms with Crippen molar-refractivity contribution in [3.63, 3.8) is 0 Å². The second-order valence-electron chi connectivity index (χ2n) is 6.01. The Labute approximate surface area is 157 Å². The average Bonchev–Trinajstić information content (AvgIpc) is 2.60. The molecule has 1 saturated heterocycles. The van der Waals surface area contributed by atoms with Crippen LogP contribution in [0.2, 0.25) is 5.02 Å². The van der Waals surface area contributed by atoms with Crippen molar-refractivity contribution in [3.05, 3.63) is 63.5 Å². The van der Waals surface area contributed by atoms with Gasteiger partial charge < -0.3 is 15.2 Å². The standard InChI is InChI=1S/C18H20ClN3O2.ClH/c19-16-6-2-1-4-14(16)11-22-12-15(7-8-17(22)23)21-18(24)13-5-3-9-20-10-13;/h1-2,4,6-8,12-13,20H,3,5,9-11H2,(H,21,24);1H. The molecular formula is C18H21Cl2N3O2. The van der Waals surface area contributed by atoms with Crippen LogP contribution >= 0.6 is 24.0 Å². The highest BCUT2D eigenvalue weighted by atomic mass is 35.5. The number of pyridine rings is 1. The summed E-state index contributed by atoms with van der Waals surface area (Å²) in [6.07, 6.45) is 3.56. The number of hydrogen-bond acceptors (Lipinski definition) is 3. The van der Waals surface area contributed by atoms with Crippen LogP contribution in [0.4, 0.5) is 5.69 Å². The molecule has 1 fully saturated rings. The largest absolute Gasteiger partial charge is 0.325 e. The normalized spacial score (nSPS) is 16.8. The molecule has 1 aliphatic rings. The highest BCUT2D eigenvalue weighted by Crippen LogP contribution is 2.17. The number of anilines is 1. The van der Waals surface area contributed by atoms with Crippen LogP contribution in [0.5, 0.6) is 0 Å². The fourth-order valence-corrected chi connectivity index (χ4v) is 3.05. The molecule has 1 unspecified atom stereocenters. The molecule has 0 bridgehead atoms. The third-order valence-corrected chi connectivity index (χ3v) is 4.59. The van der Waals surface area contributed by atoms with Gasteiger partial charge in [-0.2, -0.15) is 0 Å². The summed E-state index contributed by atoms with van der Waals surface area (Å²) in [4.78, 5) is 24.4. The zero-order valence-electron chi connectivity index (χ0n) is 13.7. The van der Waals surface area contributed by atoms with Crippen LogP contribution < -0.4 is 16.2 Å². The Morgan fingerprint density at radius 1 is 1.28 bits per heavy atom. The number of rotatable bonds is 4. The van der Waals surface area contributed by atoms with Crippen molar-refractivity contribution in [3.8, 4) is 0 Å². The highest BCUT2D eigenvalue weighted by molar-refractivity contribution is 6.31. The second kappa shape index (κ2) is 9.04. The Kier molecular flexibility index (Phi) is 7.05. The molecule has 0 radical (unpaired) electrons. The number of nitrogens with zero attached hydrogens (tertiary/aromatic N) is 1. The molecular weight excluding hydrogens is 361 g/mol. The van der Waals surface area contributed by atoms with Crippen molar-refractivity contribution in [2.45, 2.75) is 19.4 Å². The van der Waals surface area contributed by atoms with Gasteiger partial charge in [0, 0.05) is 23.8 Å². The lowest BCUT2D eigenvalue weighted by Gasteiger charge is -2.22. The first kappa shape index (κ1) is 19.5. The minimum absolute atomic E-state index is 0. The molecule has 25 heavy (non-hydrogen) atoms. The molecule has 1 atom stereocenters. The molecule has 134 valence electrons. The summed E-state index contributed by atoms with van der Waals surface area (Å²) in [6, 6.07) is 10.5. The third kappa shape index (κ3) is 5.08. The van der Waals surface area contributed by atoms with Crippen molar-refractivity contribution in [1.29, 1.82) is 0 Å². The molecule has 7 heteroatoms. The predicted molar refractivity (Wildman–Crippen MR) is 103 cm³/mol. The smallest absolute Gasteiger partial charge is 0.250 e.